The molecule has 3 nitrogen and oxygen atoms in total. The van der Waals surface area contributed by atoms with E-state index >= 15 is 0 Å². The molecule has 78 valence electrons. The number of hydrogen-bond acceptors (Lipinski definition) is 2. The Kier molecular flexibility index (Phi) is 2.15. The summed E-state index contributed by atoms with van der Waals surface area (Å²) in [6, 6.07) is 3.57. The molecule has 0 aliphatic heterocycles. The summed E-state index contributed by atoms with van der Waals surface area (Å²) < 4.78 is 27.2. The summed E-state index contributed by atoms with van der Waals surface area (Å²) in [6.07, 6.45) is 1.52. The fraction of sp³-hybridized carbons (Fsp3) is 0.100. The maximum absolute atomic E-state index is 13.0. The van der Waals surface area contributed by atoms with Gasteiger partial charge in [0.1, 0.15) is 11.5 Å². The van der Waals surface area contributed by atoms with E-state index in [0.717, 1.165) is 12.1 Å². The van der Waals surface area contributed by atoms with Crippen LogP contribution in [0.5, 0.6) is 0 Å². The van der Waals surface area contributed by atoms with Crippen molar-refractivity contribution < 1.29 is 8.78 Å². The van der Waals surface area contributed by atoms with Gasteiger partial charge in [-0.2, -0.15) is 0 Å². The summed E-state index contributed by atoms with van der Waals surface area (Å²) in [6.45, 7) is 0. The third-order valence-electron chi connectivity index (χ3n) is 2.18. The SMILES string of the molecule is Cn1cnc(-c2ccc(F)c(F)c2)c1N. The number of halogens is 2. The van der Waals surface area contributed by atoms with Crippen LogP contribution in [0, 0.1) is 11.6 Å². The maximum Gasteiger partial charge on any atom is 0.159 e. The van der Waals surface area contributed by atoms with Gasteiger partial charge in [-0.15, -0.1) is 0 Å². The number of rotatable bonds is 1. The number of benzene rings is 1. The van der Waals surface area contributed by atoms with Gasteiger partial charge in [0, 0.05) is 12.6 Å². The Hall–Kier alpha value is -1.91. The monoisotopic (exact) mass is 209 g/mol. The quantitative estimate of drug-likeness (QED) is 0.780. The Labute approximate surface area is 85.2 Å². The molecule has 1 aromatic carbocycles. The second kappa shape index (κ2) is 3.34. The van der Waals surface area contributed by atoms with Crippen LogP contribution in [0.15, 0.2) is 24.5 Å². The van der Waals surface area contributed by atoms with Crippen LogP contribution in [0.1, 0.15) is 0 Å². The molecule has 15 heavy (non-hydrogen) atoms. The van der Waals surface area contributed by atoms with Gasteiger partial charge in [-0.25, -0.2) is 13.8 Å². The molecule has 0 saturated heterocycles. The first-order valence-corrected chi connectivity index (χ1v) is 4.32. The van der Waals surface area contributed by atoms with Crippen molar-refractivity contribution >= 4 is 5.82 Å². The average Bonchev–Trinajstić information content (AvgIpc) is 2.53. The van der Waals surface area contributed by atoms with Crippen molar-refractivity contribution in [1.29, 1.82) is 0 Å². The highest BCUT2D eigenvalue weighted by atomic mass is 19.2. The van der Waals surface area contributed by atoms with Gasteiger partial charge in [0.05, 0.1) is 6.33 Å². The molecule has 0 spiro atoms. The Morgan fingerprint density at radius 3 is 2.53 bits per heavy atom. The zero-order valence-electron chi connectivity index (χ0n) is 8.04. The van der Waals surface area contributed by atoms with Crippen LogP contribution in [0.25, 0.3) is 11.3 Å². The third kappa shape index (κ3) is 1.56. The molecule has 0 amide bonds. The lowest BCUT2D eigenvalue weighted by molar-refractivity contribution is 0.509. The van der Waals surface area contributed by atoms with E-state index in [1.54, 1.807) is 11.6 Å². The molecule has 2 rings (SSSR count). The Bertz CT molecular complexity index is 505. The number of nitrogens with zero attached hydrogens (tertiary/aromatic N) is 2. The molecular formula is C10H9F2N3. The zero-order chi connectivity index (χ0) is 11.0. The van der Waals surface area contributed by atoms with Crippen LogP contribution in [-0.2, 0) is 7.05 Å². The molecule has 0 atom stereocenters. The van der Waals surface area contributed by atoms with Crippen LogP contribution in [-0.4, -0.2) is 9.55 Å². The smallest absolute Gasteiger partial charge is 0.159 e. The van der Waals surface area contributed by atoms with Gasteiger partial charge in [-0.1, -0.05) is 0 Å². The summed E-state index contributed by atoms with van der Waals surface area (Å²) in [5.41, 5.74) is 6.63. The van der Waals surface area contributed by atoms with E-state index in [1.807, 2.05) is 0 Å². The van der Waals surface area contributed by atoms with E-state index in [-0.39, 0.29) is 0 Å². The normalized spacial score (nSPS) is 10.6. The summed E-state index contributed by atoms with van der Waals surface area (Å²) >= 11 is 0. The van der Waals surface area contributed by atoms with E-state index < -0.39 is 11.6 Å². The van der Waals surface area contributed by atoms with E-state index in [1.165, 1.54) is 12.4 Å². The minimum absolute atomic E-state index is 0.418. The molecule has 2 N–H and O–H groups in total. The van der Waals surface area contributed by atoms with Crippen molar-refractivity contribution in [1.82, 2.24) is 9.55 Å². The van der Waals surface area contributed by atoms with Crippen molar-refractivity contribution in [3.05, 3.63) is 36.2 Å². The predicted octanol–water partition coefficient (Wildman–Crippen LogP) is 1.95. The first-order valence-electron chi connectivity index (χ1n) is 4.32. The summed E-state index contributed by atoms with van der Waals surface area (Å²) in [5, 5.41) is 0. The van der Waals surface area contributed by atoms with Gasteiger partial charge in [0.25, 0.3) is 0 Å². The van der Waals surface area contributed by atoms with Crippen molar-refractivity contribution in [3.8, 4) is 11.3 Å². The largest absolute Gasteiger partial charge is 0.383 e. The van der Waals surface area contributed by atoms with Crippen LogP contribution >= 0.6 is 0 Å². The summed E-state index contributed by atoms with van der Waals surface area (Å²) in [4.78, 5) is 4.01. The highest BCUT2D eigenvalue weighted by Gasteiger charge is 2.10. The Morgan fingerprint density at radius 2 is 2.00 bits per heavy atom. The van der Waals surface area contributed by atoms with Crippen LogP contribution < -0.4 is 5.73 Å². The molecule has 0 aliphatic rings. The second-order valence-corrected chi connectivity index (χ2v) is 3.22. The Morgan fingerprint density at radius 1 is 1.27 bits per heavy atom. The van der Waals surface area contributed by atoms with Gasteiger partial charge >= 0.3 is 0 Å². The fourth-order valence-electron chi connectivity index (χ4n) is 1.31. The van der Waals surface area contributed by atoms with Gasteiger partial charge in [0.2, 0.25) is 0 Å². The molecule has 5 heteroatoms. The van der Waals surface area contributed by atoms with Crippen molar-refractivity contribution in [2.45, 2.75) is 0 Å². The number of aromatic nitrogens is 2. The zero-order valence-corrected chi connectivity index (χ0v) is 8.04. The first kappa shape index (κ1) is 9.64. The van der Waals surface area contributed by atoms with Gasteiger partial charge in [0.15, 0.2) is 11.6 Å². The third-order valence-corrected chi connectivity index (χ3v) is 2.18. The number of imidazole rings is 1. The highest BCUT2D eigenvalue weighted by Crippen LogP contribution is 2.24. The topological polar surface area (TPSA) is 43.8 Å². The number of nitrogens with two attached hydrogens (primary N) is 1. The van der Waals surface area contributed by atoms with Crippen molar-refractivity contribution in [2.24, 2.45) is 7.05 Å². The van der Waals surface area contributed by atoms with Crippen molar-refractivity contribution in [3.63, 3.8) is 0 Å². The number of aryl methyl sites for hydroxylation is 1. The molecule has 1 heterocycles. The van der Waals surface area contributed by atoms with Gasteiger partial charge in [-0.3, -0.25) is 0 Å². The van der Waals surface area contributed by atoms with Crippen LogP contribution in [0.3, 0.4) is 0 Å². The molecule has 0 radical (unpaired) electrons. The number of anilines is 1. The average molecular weight is 209 g/mol. The molecule has 0 bridgehead atoms. The Balaban J connectivity index is 2.55. The van der Waals surface area contributed by atoms with E-state index in [0.29, 0.717) is 17.1 Å². The minimum Gasteiger partial charge on any atom is -0.383 e. The number of hydrogen-bond donors (Lipinski definition) is 1. The van der Waals surface area contributed by atoms with Crippen molar-refractivity contribution in [2.75, 3.05) is 5.73 Å². The van der Waals surface area contributed by atoms with Crippen LogP contribution in [0.4, 0.5) is 14.6 Å². The van der Waals surface area contributed by atoms with E-state index in [4.69, 9.17) is 5.73 Å². The summed E-state index contributed by atoms with van der Waals surface area (Å²) in [5.74, 6) is -1.37. The molecular weight excluding hydrogens is 200 g/mol. The molecule has 2 aromatic rings. The van der Waals surface area contributed by atoms with Crippen LogP contribution in [0.2, 0.25) is 0 Å². The molecule has 0 saturated carbocycles. The predicted molar refractivity (Wildman–Crippen MR) is 53.0 cm³/mol. The lowest BCUT2D eigenvalue weighted by Crippen LogP contribution is -1.96. The minimum atomic E-state index is -0.905. The van der Waals surface area contributed by atoms with E-state index in [9.17, 15) is 8.78 Å². The maximum atomic E-state index is 13.0. The molecule has 0 unspecified atom stereocenters. The fourth-order valence-corrected chi connectivity index (χ4v) is 1.31. The first-order chi connectivity index (χ1) is 7.09. The van der Waals surface area contributed by atoms with E-state index in [2.05, 4.69) is 4.98 Å². The molecule has 0 fully saturated rings. The molecule has 0 aliphatic carbocycles. The molecule has 1 aromatic heterocycles. The second-order valence-electron chi connectivity index (χ2n) is 3.22. The highest BCUT2D eigenvalue weighted by molar-refractivity contribution is 5.70. The number of nitrogen functional groups attached to an aromatic ring is 1. The lowest BCUT2D eigenvalue weighted by atomic mass is 10.1. The van der Waals surface area contributed by atoms with Gasteiger partial charge < -0.3 is 10.3 Å². The van der Waals surface area contributed by atoms with Gasteiger partial charge in [-0.05, 0) is 18.2 Å². The standard InChI is InChI=1S/C10H9F2N3/c1-15-5-14-9(10(15)13)6-2-3-7(11)8(12)4-6/h2-5H,13H2,1H3. The lowest BCUT2D eigenvalue weighted by Gasteiger charge is -2.01. The summed E-state index contributed by atoms with van der Waals surface area (Å²) in [7, 11) is 1.73.